The van der Waals surface area contributed by atoms with E-state index in [9.17, 15) is 0 Å². The van der Waals surface area contributed by atoms with Gasteiger partial charge in [0.15, 0.2) is 5.82 Å². The van der Waals surface area contributed by atoms with Gasteiger partial charge in [-0.15, -0.1) is 0 Å². The van der Waals surface area contributed by atoms with Gasteiger partial charge in [0, 0.05) is 18.9 Å². The van der Waals surface area contributed by atoms with Crippen molar-refractivity contribution in [3.05, 3.63) is 41.5 Å². The zero-order valence-electron chi connectivity index (χ0n) is 12.2. The summed E-state index contributed by atoms with van der Waals surface area (Å²) in [5.74, 6) is 2.52. The third-order valence-corrected chi connectivity index (χ3v) is 3.30. The van der Waals surface area contributed by atoms with Gasteiger partial charge < -0.3 is 15.0 Å². The van der Waals surface area contributed by atoms with Gasteiger partial charge in [-0.25, -0.2) is 0 Å². The Morgan fingerprint density at radius 3 is 2.55 bits per heavy atom. The van der Waals surface area contributed by atoms with Gasteiger partial charge in [0.1, 0.15) is 5.75 Å². The van der Waals surface area contributed by atoms with E-state index in [2.05, 4.69) is 24.0 Å². The summed E-state index contributed by atoms with van der Waals surface area (Å²) in [6.07, 6.45) is 1.26. The van der Waals surface area contributed by atoms with Crippen LogP contribution in [0, 0.1) is 5.92 Å². The molecule has 0 amide bonds. The molecule has 0 saturated carbocycles. The van der Waals surface area contributed by atoms with Gasteiger partial charge in [-0.1, -0.05) is 31.1 Å². The van der Waals surface area contributed by atoms with E-state index in [-0.39, 0.29) is 6.04 Å². The molecule has 0 saturated heterocycles. The van der Waals surface area contributed by atoms with E-state index in [0.717, 1.165) is 11.3 Å². The first-order valence-electron chi connectivity index (χ1n) is 6.78. The average molecular weight is 275 g/mol. The Balaban J connectivity index is 1.98. The third-order valence-electron chi connectivity index (χ3n) is 3.30. The first kappa shape index (κ1) is 14.5. The molecule has 0 aliphatic rings. The van der Waals surface area contributed by atoms with Gasteiger partial charge >= 0.3 is 0 Å². The van der Waals surface area contributed by atoms with Gasteiger partial charge in [-0.05, 0) is 23.6 Å². The largest absolute Gasteiger partial charge is 0.497 e. The van der Waals surface area contributed by atoms with Crippen molar-refractivity contribution in [3.8, 4) is 5.75 Å². The van der Waals surface area contributed by atoms with Gasteiger partial charge in [0.25, 0.3) is 0 Å². The minimum atomic E-state index is 0.0456. The van der Waals surface area contributed by atoms with Gasteiger partial charge in [-0.3, -0.25) is 0 Å². The molecule has 5 heteroatoms. The third kappa shape index (κ3) is 3.81. The lowest BCUT2D eigenvalue weighted by molar-refractivity contribution is 0.350. The lowest BCUT2D eigenvalue weighted by Gasteiger charge is -2.11. The van der Waals surface area contributed by atoms with E-state index in [4.69, 9.17) is 15.0 Å². The first-order valence-corrected chi connectivity index (χ1v) is 6.78. The fourth-order valence-electron chi connectivity index (χ4n) is 1.81. The van der Waals surface area contributed by atoms with Crippen LogP contribution in [0.4, 0.5) is 0 Å². The minimum absolute atomic E-state index is 0.0456. The lowest BCUT2D eigenvalue weighted by Crippen LogP contribution is -2.28. The Labute approximate surface area is 119 Å². The highest BCUT2D eigenvalue weighted by Gasteiger charge is 2.14. The minimum Gasteiger partial charge on any atom is -0.497 e. The van der Waals surface area contributed by atoms with Gasteiger partial charge in [0.05, 0.1) is 7.11 Å². The molecule has 108 valence electrons. The maximum atomic E-state index is 6.00. The molecular weight excluding hydrogens is 254 g/mol. The van der Waals surface area contributed by atoms with E-state index in [1.165, 1.54) is 0 Å². The quantitative estimate of drug-likeness (QED) is 0.874. The van der Waals surface area contributed by atoms with Crippen LogP contribution in [0.2, 0.25) is 0 Å². The van der Waals surface area contributed by atoms with E-state index in [0.29, 0.717) is 30.5 Å². The van der Waals surface area contributed by atoms with E-state index < -0.39 is 0 Å². The van der Waals surface area contributed by atoms with Crippen molar-refractivity contribution in [2.75, 3.05) is 7.11 Å². The zero-order valence-corrected chi connectivity index (χ0v) is 12.2. The topological polar surface area (TPSA) is 74.2 Å². The van der Waals surface area contributed by atoms with E-state index in [1.54, 1.807) is 7.11 Å². The zero-order chi connectivity index (χ0) is 14.5. The van der Waals surface area contributed by atoms with Crippen LogP contribution in [0.5, 0.6) is 5.75 Å². The highest BCUT2D eigenvalue weighted by atomic mass is 16.5. The van der Waals surface area contributed by atoms with Gasteiger partial charge in [-0.2, -0.15) is 4.98 Å². The van der Waals surface area contributed by atoms with Gasteiger partial charge in [0.2, 0.25) is 5.89 Å². The van der Waals surface area contributed by atoms with Crippen LogP contribution in [-0.2, 0) is 12.8 Å². The number of benzene rings is 1. The van der Waals surface area contributed by atoms with Crippen LogP contribution >= 0.6 is 0 Å². The number of ether oxygens (including phenoxy) is 1. The molecule has 2 aromatic rings. The Morgan fingerprint density at radius 2 is 1.95 bits per heavy atom. The van der Waals surface area contributed by atoms with Crippen LogP contribution in [0.3, 0.4) is 0 Å². The monoisotopic (exact) mass is 275 g/mol. The van der Waals surface area contributed by atoms with Crippen molar-refractivity contribution in [3.63, 3.8) is 0 Å². The second kappa shape index (κ2) is 6.52. The molecular formula is C15H21N3O2. The molecule has 1 heterocycles. The van der Waals surface area contributed by atoms with Crippen molar-refractivity contribution in [2.45, 2.75) is 32.7 Å². The summed E-state index contributed by atoms with van der Waals surface area (Å²) in [6.45, 7) is 4.17. The molecule has 2 N–H and O–H groups in total. The average Bonchev–Trinajstić information content (AvgIpc) is 2.86. The number of rotatable bonds is 6. The van der Waals surface area contributed by atoms with Crippen molar-refractivity contribution in [2.24, 2.45) is 11.7 Å². The maximum absolute atomic E-state index is 6.00. The summed E-state index contributed by atoms with van der Waals surface area (Å²) in [7, 11) is 1.65. The molecule has 1 aromatic heterocycles. The van der Waals surface area contributed by atoms with Crippen LogP contribution in [0.25, 0.3) is 0 Å². The summed E-state index contributed by atoms with van der Waals surface area (Å²) in [6, 6.07) is 7.88. The Bertz CT molecular complexity index is 534. The van der Waals surface area contributed by atoms with Crippen LogP contribution in [-0.4, -0.2) is 23.3 Å². The molecule has 20 heavy (non-hydrogen) atoms. The smallest absolute Gasteiger partial charge is 0.228 e. The molecule has 5 nitrogen and oxygen atoms in total. The fourth-order valence-corrected chi connectivity index (χ4v) is 1.81. The Hall–Kier alpha value is -1.88. The van der Waals surface area contributed by atoms with Crippen LogP contribution in [0.15, 0.2) is 28.8 Å². The molecule has 2 rings (SSSR count). The predicted octanol–water partition coefficient (Wildman–Crippen LogP) is 2.19. The van der Waals surface area contributed by atoms with Crippen molar-refractivity contribution < 1.29 is 9.26 Å². The summed E-state index contributed by atoms with van der Waals surface area (Å²) in [5.41, 5.74) is 7.12. The highest BCUT2D eigenvalue weighted by molar-refractivity contribution is 5.28. The second-order valence-electron chi connectivity index (χ2n) is 5.24. The summed E-state index contributed by atoms with van der Waals surface area (Å²) in [4.78, 5) is 4.38. The highest BCUT2D eigenvalue weighted by Crippen LogP contribution is 2.14. The molecule has 0 bridgehead atoms. The van der Waals surface area contributed by atoms with Crippen molar-refractivity contribution >= 4 is 0 Å². The summed E-state index contributed by atoms with van der Waals surface area (Å²) >= 11 is 0. The van der Waals surface area contributed by atoms with Crippen LogP contribution in [0.1, 0.15) is 31.1 Å². The maximum Gasteiger partial charge on any atom is 0.228 e. The molecule has 0 fully saturated rings. The molecule has 0 aliphatic heterocycles. The Kier molecular flexibility index (Phi) is 4.74. The van der Waals surface area contributed by atoms with Crippen LogP contribution < -0.4 is 10.5 Å². The van der Waals surface area contributed by atoms with E-state index >= 15 is 0 Å². The molecule has 1 atom stereocenters. The Morgan fingerprint density at radius 1 is 1.25 bits per heavy atom. The summed E-state index contributed by atoms with van der Waals surface area (Å²) in [5, 5.41) is 3.99. The number of aromatic nitrogens is 2. The molecule has 0 spiro atoms. The summed E-state index contributed by atoms with van der Waals surface area (Å²) < 4.78 is 10.4. The van der Waals surface area contributed by atoms with Crippen molar-refractivity contribution in [1.29, 1.82) is 0 Å². The molecule has 1 aromatic carbocycles. The number of nitrogens with two attached hydrogens (primary N) is 1. The fraction of sp³-hybridized carbons (Fsp3) is 0.467. The normalized spacial score (nSPS) is 12.7. The lowest BCUT2D eigenvalue weighted by atomic mass is 10.0. The molecule has 0 radical (unpaired) electrons. The first-order chi connectivity index (χ1) is 9.58. The molecule has 1 unspecified atom stereocenters. The standard InChI is InChI=1S/C15H21N3O2/c1-10(2)13(16)9-15-17-14(18-20-15)8-11-4-6-12(19-3)7-5-11/h4-7,10,13H,8-9,16H2,1-3H3. The number of methoxy groups -OCH3 is 1. The second-order valence-corrected chi connectivity index (χ2v) is 5.24. The van der Waals surface area contributed by atoms with Crippen molar-refractivity contribution in [1.82, 2.24) is 10.1 Å². The SMILES string of the molecule is COc1ccc(Cc2noc(CC(N)C(C)C)n2)cc1. The van der Waals surface area contributed by atoms with E-state index in [1.807, 2.05) is 24.3 Å². The number of hydrogen-bond acceptors (Lipinski definition) is 5. The molecule has 0 aliphatic carbocycles. The number of hydrogen-bond donors (Lipinski definition) is 1. The predicted molar refractivity (Wildman–Crippen MR) is 76.6 cm³/mol. The number of nitrogens with zero attached hydrogens (tertiary/aromatic N) is 2.